The minimum atomic E-state index is -5.13. The molecule has 0 saturated carbocycles. The minimum Gasteiger partial charge on any atom is -0.388 e. The zero-order valence-corrected chi connectivity index (χ0v) is 24.7. The molecule has 4 N–H and O–H groups in total. The molecule has 9 nitrogen and oxygen atoms in total. The summed E-state index contributed by atoms with van der Waals surface area (Å²) in [6.07, 6.45) is -1.62. The first-order valence-corrected chi connectivity index (χ1v) is 15.6. The number of alkyl halides is 3. The van der Waals surface area contributed by atoms with Gasteiger partial charge in [0.15, 0.2) is 0 Å². The molecule has 0 aliphatic carbocycles. The van der Waals surface area contributed by atoms with Crippen LogP contribution in [0.5, 0.6) is 0 Å². The van der Waals surface area contributed by atoms with E-state index in [1.807, 2.05) is 32.0 Å². The highest BCUT2D eigenvalue weighted by Gasteiger charge is 2.42. The van der Waals surface area contributed by atoms with Crippen LogP contribution >= 0.6 is 10.8 Å². The predicted molar refractivity (Wildman–Crippen MR) is 157 cm³/mol. The van der Waals surface area contributed by atoms with Crippen LogP contribution in [-0.4, -0.2) is 63.5 Å². The molecule has 1 unspecified atom stereocenters. The number of halogens is 3. The Morgan fingerprint density at radius 1 is 1.02 bits per heavy atom. The molecule has 5 rings (SSSR count). The zero-order valence-electron chi connectivity index (χ0n) is 23.9. The van der Waals surface area contributed by atoms with E-state index in [2.05, 4.69) is 26.5 Å². The maximum atomic E-state index is 13.6. The van der Waals surface area contributed by atoms with E-state index in [0.717, 1.165) is 55.1 Å². The van der Waals surface area contributed by atoms with Gasteiger partial charge in [0.25, 0.3) is 0 Å². The van der Waals surface area contributed by atoms with E-state index in [0.29, 0.717) is 59.2 Å². The Kier molecular flexibility index (Phi) is 8.97. The molecule has 2 aromatic rings. The largest absolute Gasteiger partial charge is 0.492 e. The molecule has 0 radical (unpaired) electrons. The summed E-state index contributed by atoms with van der Waals surface area (Å²) in [6, 6.07) is 7.17. The minimum absolute atomic E-state index is 0.0358. The van der Waals surface area contributed by atoms with Gasteiger partial charge in [0.2, 0.25) is 0 Å². The number of anilines is 2. The average molecular weight is 607 g/mol. The molecule has 2 amide bonds. The smallest absolute Gasteiger partial charge is 0.388 e. The van der Waals surface area contributed by atoms with Gasteiger partial charge in [0.05, 0.1) is 20.5 Å². The number of primary amides is 1. The first-order chi connectivity index (χ1) is 20.1. The molecule has 228 valence electrons. The van der Waals surface area contributed by atoms with E-state index < -0.39 is 28.9 Å². The molecule has 3 heterocycles. The fraction of sp³-hybridized carbons (Fsp3) is 0.517. The van der Waals surface area contributed by atoms with Crippen molar-refractivity contribution >= 4 is 39.8 Å². The Hall–Kier alpha value is -3.32. The first-order valence-electron chi connectivity index (χ1n) is 14.4. The van der Waals surface area contributed by atoms with Crippen molar-refractivity contribution in [2.75, 3.05) is 49.1 Å². The molecule has 0 aromatic heterocycles. The molecule has 42 heavy (non-hydrogen) atoms. The number of nitrogens with one attached hydrogen (secondary N) is 2. The van der Waals surface area contributed by atoms with Gasteiger partial charge < -0.3 is 30.4 Å². The zero-order chi connectivity index (χ0) is 30.0. The fourth-order valence-corrected chi connectivity index (χ4v) is 7.59. The van der Waals surface area contributed by atoms with Crippen molar-refractivity contribution in [2.24, 2.45) is 10.7 Å². The Morgan fingerprint density at radius 2 is 1.69 bits per heavy atom. The lowest BCUT2D eigenvalue weighted by Gasteiger charge is -2.34. The van der Waals surface area contributed by atoms with Gasteiger partial charge in [0, 0.05) is 60.9 Å². The van der Waals surface area contributed by atoms with Crippen molar-refractivity contribution in [1.82, 2.24) is 10.6 Å². The third-order valence-corrected chi connectivity index (χ3v) is 9.70. The number of carbonyl (C=O) groups is 2. The highest BCUT2D eigenvalue weighted by atomic mass is 32.2. The molecule has 2 fully saturated rings. The van der Waals surface area contributed by atoms with Gasteiger partial charge in [0.1, 0.15) is 0 Å². The molecule has 0 bridgehead atoms. The molecule has 0 spiro atoms. The number of hydrogen-bond donors (Lipinski definition) is 3. The van der Waals surface area contributed by atoms with E-state index in [1.165, 1.54) is 0 Å². The summed E-state index contributed by atoms with van der Waals surface area (Å²) in [4.78, 5) is 33.6. The van der Waals surface area contributed by atoms with Crippen LogP contribution in [0.4, 0.5) is 35.0 Å². The number of amides is 2. The first kappa shape index (κ1) is 30.1. The average Bonchev–Trinajstić information content (AvgIpc) is 3.25. The van der Waals surface area contributed by atoms with Gasteiger partial charge >= 0.3 is 18.2 Å². The van der Waals surface area contributed by atoms with Gasteiger partial charge in [-0.05, 0) is 74.0 Å². The number of rotatable bonds is 6. The Labute approximate surface area is 245 Å². The topological polar surface area (TPSA) is 112 Å². The summed E-state index contributed by atoms with van der Waals surface area (Å²) in [5.74, 6) is -2.21. The molecular formula is C29H37F3N6O3S. The normalized spacial score (nSPS) is 19.3. The number of hydrogen-bond acceptors (Lipinski definition) is 7. The summed E-state index contributed by atoms with van der Waals surface area (Å²) in [7, 11) is -1.65. The van der Waals surface area contributed by atoms with E-state index in [-0.39, 0.29) is 6.04 Å². The van der Waals surface area contributed by atoms with Gasteiger partial charge in [-0.25, -0.2) is 14.6 Å². The number of nitrogens with two attached hydrogens (primary N) is 1. The van der Waals surface area contributed by atoms with Crippen LogP contribution in [0.25, 0.3) is 0 Å². The van der Waals surface area contributed by atoms with Crippen molar-refractivity contribution in [3.8, 4) is 0 Å². The molecule has 1 atom stereocenters. The number of fused-ring (bicyclic) bond motifs is 2. The standard InChI is InChI=1S/C29H37F3N6O3S/c1-3-18-14-21(37-10-5-8-34-9-13-37)16-23-25(18)36-26-19(4-2)15-22(38-11-6-20(7-12-38)35-28(33)40)17-24(26)42(23)41-27(39)29(30,31)32/h14-17,20,34H,3-13H2,1-2H3,(H3,33,35,40). The third kappa shape index (κ3) is 6.36. The van der Waals surface area contributed by atoms with Crippen molar-refractivity contribution in [3.63, 3.8) is 0 Å². The summed E-state index contributed by atoms with van der Waals surface area (Å²) in [6.45, 7) is 8.50. The van der Waals surface area contributed by atoms with Crippen LogP contribution in [0.15, 0.2) is 34.2 Å². The van der Waals surface area contributed by atoms with Gasteiger partial charge in [-0.15, -0.1) is 0 Å². The molecule has 2 aromatic carbocycles. The second kappa shape index (κ2) is 12.5. The lowest BCUT2D eigenvalue weighted by atomic mass is 10.0. The van der Waals surface area contributed by atoms with E-state index in [9.17, 15) is 22.8 Å². The number of nitrogens with zero attached hydrogens (tertiary/aromatic N) is 3. The second-order valence-electron chi connectivity index (χ2n) is 10.7. The lowest BCUT2D eigenvalue weighted by Crippen LogP contribution is -2.46. The van der Waals surface area contributed by atoms with Gasteiger partial charge in [-0.2, -0.15) is 13.2 Å². The molecule has 3 aliphatic heterocycles. The number of carbonyl (C=O) groups excluding carboxylic acids is 2. The van der Waals surface area contributed by atoms with Gasteiger partial charge in [-0.3, -0.25) is 0 Å². The second-order valence-corrected chi connectivity index (χ2v) is 12.3. The van der Waals surface area contributed by atoms with Gasteiger partial charge in [-0.1, -0.05) is 13.8 Å². The van der Waals surface area contributed by atoms with Crippen molar-refractivity contribution in [2.45, 2.75) is 63.1 Å². The number of aryl methyl sites for hydroxylation is 2. The molecule has 3 aliphatic rings. The van der Waals surface area contributed by atoms with Crippen LogP contribution in [0.3, 0.4) is 0 Å². The van der Waals surface area contributed by atoms with Crippen LogP contribution < -0.4 is 31.5 Å². The maximum absolute atomic E-state index is 13.6. The number of benzene rings is 2. The number of piperidine rings is 1. The Bertz CT molecular complexity index is 1480. The van der Waals surface area contributed by atoms with Crippen molar-refractivity contribution in [1.29, 1.82) is 0 Å². The van der Waals surface area contributed by atoms with Crippen molar-refractivity contribution in [3.05, 3.63) is 45.3 Å². The summed E-state index contributed by atoms with van der Waals surface area (Å²) in [5.41, 5.74) is 9.37. The SMILES string of the molecule is CCc1cc(N2CCCNCC2)cc2c1N=c1c(CC)cc(N3CCC(NC(N)=O)CC3)cc1=S2OC(=O)C(F)(F)F. The van der Waals surface area contributed by atoms with E-state index in [1.54, 1.807) is 0 Å². The van der Waals surface area contributed by atoms with Crippen LogP contribution in [-0.2, 0) is 21.8 Å². The molecule has 13 heteroatoms. The maximum Gasteiger partial charge on any atom is 0.492 e. The Balaban J connectivity index is 1.67. The predicted octanol–water partition coefficient (Wildman–Crippen LogP) is 4.11. The summed E-state index contributed by atoms with van der Waals surface area (Å²) < 4.78 is 46.7. The Morgan fingerprint density at radius 3 is 2.36 bits per heavy atom. The van der Waals surface area contributed by atoms with E-state index >= 15 is 0 Å². The highest BCUT2D eigenvalue weighted by Crippen LogP contribution is 2.46. The molecule has 2 saturated heterocycles. The number of urea groups is 1. The van der Waals surface area contributed by atoms with Crippen LogP contribution in [0.2, 0.25) is 0 Å². The highest BCUT2D eigenvalue weighted by molar-refractivity contribution is 8.05. The summed E-state index contributed by atoms with van der Waals surface area (Å²) in [5, 5.41) is 6.70. The van der Waals surface area contributed by atoms with E-state index in [4.69, 9.17) is 14.9 Å². The van der Waals surface area contributed by atoms with Crippen LogP contribution in [0.1, 0.15) is 44.2 Å². The lowest BCUT2D eigenvalue weighted by molar-refractivity contribution is -0.188. The fourth-order valence-electron chi connectivity index (χ4n) is 5.77. The third-order valence-electron chi connectivity index (χ3n) is 7.96. The van der Waals surface area contributed by atoms with Crippen molar-refractivity contribution < 1.29 is 26.9 Å². The van der Waals surface area contributed by atoms with Crippen LogP contribution in [0, 0.1) is 4.51 Å². The quantitative estimate of drug-likeness (QED) is 0.427. The molecular weight excluding hydrogens is 569 g/mol. The summed E-state index contributed by atoms with van der Waals surface area (Å²) >= 11 is 0. The monoisotopic (exact) mass is 606 g/mol.